The lowest BCUT2D eigenvalue weighted by Crippen LogP contribution is -2.40. The van der Waals surface area contributed by atoms with Crippen molar-refractivity contribution in [2.75, 3.05) is 13.1 Å². The number of thiazole rings is 1. The maximum atomic E-state index is 12.9. The summed E-state index contributed by atoms with van der Waals surface area (Å²) >= 11 is 1.51. The van der Waals surface area contributed by atoms with E-state index in [9.17, 15) is 13.2 Å². The minimum absolute atomic E-state index is 0.164. The minimum Gasteiger partial charge on any atom is -0.319 e. The van der Waals surface area contributed by atoms with Gasteiger partial charge >= 0.3 is 0 Å². The number of rotatable bonds is 3. The Kier molecular flexibility index (Phi) is 5.89. The summed E-state index contributed by atoms with van der Waals surface area (Å²) in [4.78, 5) is 18.2. The van der Waals surface area contributed by atoms with Crippen molar-refractivity contribution in [2.24, 2.45) is 18.0 Å². The second-order valence-corrected chi connectivity index (χ2v) is 11.2. The van der Waals surface area contributed by atoms with E-state index in [-0.39, 0.29) is 11.8 Å². The van der Waals surface area contributed by atoms with Crippen LogP contribution >= 0.6 is 11.3 Å². The number of amides is 1. The molecule has 0 N–H and O–H groups in total. The number of piperidine rings is 1. The largest absolute Gasteiger partial charge is 0.319 e. The Morgan fingerprint density at radius 2 is 1.65 bits per heavy atom. The molecule has 3 aromatic rings. The molecular formula is C23H27N3O3S2. The highest BCUT2D eigenvalue weighted by atomic mass is 32.2. The van der Waals surface area contributed by atoms with E-state index in [2.05, 4.69) is 31.0 Å². The minimum atomic E-state index is -3.53. The first-order valence-corrected chi connectivity index (χ1v) is 12.6. The summed E-state index contributed by atoms with van der Waals surface area (Å²) in [6.45, 7) is 6.75. The summed E-state index contributed by atoms with van der Waals surface area (Å²) < 4.78 is 30.3. The molecule has 0 spiro atoms. The number of carbonyl (C=O) groups is 1. The number of aromatic nitrogens is 1. The molecule has 31 heavy (non-hydrogen) atoms. The Hall–Kier alpha value is -2.29. The molecule has 164 valence electrons. The lowest BCUT2D eigenvalue weighted by Gasteiger charge is -2.29. The van der Waals surface area contributed by atoms with Gasteiger partial charge in [-0.25, -0.2) is 8.42 Å². The molecule has 1 aliphatic rings. The van der Waals surface area contributed by atoms with Gasteiger partial charge in [0.1, 0.15) is 0 Å². The summed E-state index contributed by atoms with van der Waals surface area (Å²) in [5.41, 5.74) is 4.51. The lowest BCUT2D eigenvalue weighted by molar-refractivity contribution is -0.122. The van der Waals surface area contributed by atoms with Crippen LogP contribution in [0.4, 0.5) is 0 Å². The van der Waals surface area contributed by atoms with Crippen LogP contribution < -0.4 is 4.80 Å². The Morgan fingerprint density at radius 1 is 1.03 bits per heavy atom. The number of hydrogen-bond donors (Lipinski definition) is 0. The first kappa shape index (κ1) is 21.9. The predicted molar refractivity (Wildman–Crippen MR) is 124 cm³/mol. The van der Waals surface area contributed by atoms with E-state index < -0.39 is 10.0 Å². The van der Waals surface area contributed by atoms with Gasteiger partial charge in [0.2, 0.25) is 10.0 Å². The summed E-state index contributed by atoms with van der Waals surface area (Å²) in [5.74, 6) is -0.416. The third-order valence-electron chi connectivity index (χ3n) is 6.09. The van der Waals surface area contributed by atoms with Crippen molar-refractivity contribution >= 4 is 37.5 Å². The Bertz CT molecular complexity index is 1310. The van der Waals surface area contributed by atoms with E-state index >= 15 is 0 Å². The van der Waals surface area contributed by atoms with Gasteiger partial charge in [-0.15, -0.1) is 0 Å². The molecule has 1 amide bonds. The monoisotopic (exact) mass is 457 g/mol. The van der Waals surface area contributed by atoms with E-state index in [1.165, 1.54) is 26.8 Å². The fourth-order valence-corrected chi connectivity index (χ4v) is 6.45. The summed E-state index contributed by atoms with van der Waals surface area (Å²) in [5, 5.41) is 0. The quantitative estimate of drug-likeness (QED) is 0.602. The maximum Gasteiger partial charge on any atom is 0.251 e. The van der Waals surface area contributed by atoms with Crippen LogP contribution in [0.5, 0.6) is 0 Å². The second-order valence-electron chi connectivity index (χ2n) is 8.29. The fourth-order valence-electron chi connectivity index (χ4n) is 3.87. The number of benzene rings is 2. The first-order valence-electron chi connectivity index (χ1n) is 10.4. The van der Waals surface area contributed by atoms with Crippen LogP contribution in [0.3, 0.4) is 0 Å². The molecule has 0 unspecified atom stereocenters. The SMILES string of the molecule is Cc1ccc(S(=O)(=O)N2CCC(C(=O)N=c3sc4cc(C)c(C)cc4n3C)CC2)cc1. The smallest absolute Gasteiger partial charge is 0.251 e. The number of sulfonamides is 1. The zero-order chi connectivity index (χ0) is 22.3. The summed E-state index contributed by atoms with van der Waals surface area (Å²) in [6, 6.07) is 11.1. The normalized spacial score (nSPS) is 16.8. The highest BCUT2D eigenvalue weighted by molar-refractivity contribution is 7.89. The van der Waals surface area contributed by atoms with Crippen LogP contribution in [0.25, 0.3) is 10.2 Å². The Labute approximate surface area is 186 Å². The number of nitrogens with zero attached hydrogens (tertiary/aromatic N) is 3. The van der Waals surface area contributed by atoms with Gasteiger partial charge in [-0.3, -0.25) is 4.79 Å². The van der Waals surface area contributed by atoms with E-state index in [1.807, 2.05) is 18.5 Å². The van der Waals surface area contributed by atoms with Gasteiger partial charge in [0.15, 0.2) is 4.80 Å². The number of hydrogen-bond acceptors (Lipinski definition) is 4. The van der Waals surface area contributed by atoms with Gasteiger partial charge in [0.25, 0.3) is 5.91 Å². The van der Waals surface area contributed by atoms with Crippen LogP contribution in [-0.4, -0.2) is 36.3 Å². The number of aryl methyl sites for hydroxylation is 4. The summed E-state index contributed by atoms with van der Waals surface area (Å²) in [6.07, 6.45) is 0.973. The molecule has 0 saturated carbocycles. The molecule has 1 aromatic heterocycles. The van der Waals surface area contributed by atoms with Gasteiger partial charge in [0, 0.05) is 26.1 Å². The zero-order valence-electron chi connectivity index (χ0n) is 18.3. The van der Waals surface area contributed by atoms with Crippen molar-refractivity contribution in [3.8, 4) is 0 Å². The second kappa shape index (κ2) is 8.33. The number of fused-ring (bicyclic) bond motifs is 1. The fraction of sp³-hybridized carbons (Fsp3) is 0.391. The molecule has 1 saturated heterocycles. The zero-order valence-corrected chi connectivity index (χ0v) is 19.9. The molecule has 6 nitrogen and oxygen atoms in total. The van der Waals surface area contributed by atoms with Crippen molar-refractivity contribution < 1.29 is 13.2 Å². The lowest BCUT2D eigenvalue weighted by atomic mass is 9.98. The van der Waals surface area contributed by atoms with Crippen LogP contribution in [0, 0.1) is 26.7 Å². The molecule has 2 heterocycles. The van der Waals surface area contributed by atoms with E-state index in [4.69, 9.17) is 0 Å². The van der Waals surface area contributed by atoms with E-state index in [0.29, 0.717) is 35.6 Å². The van der Waals surface area contributed by atoms with Gasteiger partial charge in [0.05, 0.1) is 15.1 Å². The topological polar surface area (TPSA) is 71.7 Å². The van der Waals surface area contributed by atoms with Crippen molar-refractivity contribution in [2.45, 2.75) is 38.5 Å². The van der Waals surface area contributed by atoms with Crippen LogP contribution in [0.2, 0.25) is 0 Å². The third-order valence-corrected chi connectivity index (χ3v) is 9.10. The van der Waals surface area contributed by atoms with Crippen molar-refractivity contribution in [1.29, 1.82) is 0 Å². The molecule has 1 fully saturated rings. The van der Waals surface area contributed by atoms with Crippen LogP contribution in [0.15, 0.2) is 46.3 Å². The van der Waals surface area contributed by atoms with Crippen molar-refractivity contribution in [1.82, 2.24) is 8.87 Å². The molecule has 0 radical (unpaired) electrons. The van der Waals surface area contributed by atoms with E-state index in [0.717, 1.165) is 15.8 Å². The Balaban J connectivity index is 1.50. The Morgan fingerprint density at radius 3 is 2.29 bits per heavy atom. The van der Waals surface area contributed by atoms with Gasteiger partial charge in [-0.1, -0.05) is 29.0 Å². The average Bonchev–Trinajstić information content (AvgIpc) is 3.03. The molecule has 0 aliphatic carbocycles. The molecule has 4 rings (SSSR count). The van der Waals surface area contributed by atoms with Crippen molar-refractivity contribution in [3.05, 3.63) is 57.9 Å². The highest BCUT2D eigenvalue weighted by Crippen LogP contribution is 2.25. The number of carbonyl (C=O) groups excluding carboxylic acids is 1. The maximum absolute atomic E-state index is 12.9. The highest BCUT2D eigenvalue weighted by Gasteiger charge is 2.32. The van der Waals surface area contributed by atoms with Crippen LogP contribution in [-0.2, 0) is 21.9 Å². The van der Waals surface area contributed by atoms with Crippen molar-refractivity contribution in [3.63, 3.8) is 0 Å². The molecule has 0 atom stereocenters. The van der Waals surface area contributed by atoms with Gasteiger partial charge in [-0.2, -0.15) is 9.30 Å². The molecule has 1 aliphatic heterocycles. The third kappa shape index (κ3) is 4.24. The molecular weight excluding hydrogens is 430 g/mol. The predicted octanol–water partition coefficient (Wildman–Crippen LogP) is 3.69. The standard InChI is InChI=1S/C23H27N3O3S2/c1-15-5-7-19(8-6-15)31(28,29)26-11-9-18(10-12-26)22(27)24-23-25(4)20-13-16(2)17(3)14-21(20)30-23/h5-8,13-14,18H,9-12H2,1-4H3. The molecule has 8 heteroatoms. The van der Waals surface area contributed by atoms with E-state index in [1.54, 1.807) is 24.3 Å². The van der Waals surface area contributed by atoms with Gasteiger partial charge < -0.3 is 4.57 Å². The summed E-state index contributed by atoms with van der Waals surface area (Å²) in [7, 11) is -1.60. The molecule has 2 aromatic carbocycles. The van der Waals surface area contributed by atoms with Gasteiger partial charge in [-0.05, 0) is 69.0 Å². The average molecular weight is 458 g/mol. The van der Waals surface area contributed by atoms with Crippen LogP contribution in [0.1, 0.15) is 29.5 Å². The molecule has 0 bridgehead atoms. The first-order chi connectivity index (χ1) is 14.7.